The molecule has 0 aromatic carbocycles. The van der Waals surface area contributed by atoms with Crippen LogP contribution in [0.3, 0.4) is 0 Å². The Morgan fingerprint density at radius 2 is 1.82 bits per heavy atom. The maximum absolute atomic E-state index is 12.2. The maximum Gasteiger partial charge on any atom is 0.326 e. The van der Waals surface area contributed by atoms with Crippen molar-refractivity contribution in [3.05, 3.63) is 0 Å². The number of nitrogens with one attached hydrogen (secondary N) is 1. The van der Waals surface area contributed by atoms with Crippen molar-refractivity contribution >= 4 is 17.8 Å². The molecule has 126 valence electrons. The third-order valence-corrected chi connectivity index (χ3v) is 4.34. The molecule has 22 heavy (non-hydrogen) atoms. The molecule has 0 aromatic rings. The zero-order valence-electron chi connectivity index (χ0n) is 13.5. The van der Waals surface area contributed by atoms with E-state index in [-0.39, 0.29) is 23.7 Å². The summed E-state index contributed by atoms with van der Waals surface area (Å²) < 4.78 is 0. The van der Waals surface area contributed by atoms with Crippen molar-refractivity contribution in [1.82, 2.24) is 10.2 Å². The van der Waals surface area contributed by atoms with Gasteiger partial charge in [0.2, 0.25) is 11.8 Å². The van der Waals surface area contributed by atoms with E-state index < -0.39 is 18.1 Å². The first kappa shape index (κ1) is 18.4. The monoisotopic (exact) mass is 313 g/mol. The molecule has 1 aliphatic heterocycles. The van der Waals surface area contributed by atoms with Crippen LogP contribution in [-0.2, 0) is 14.4 Å². The molecular weight excluding hydrogens is 286 g/mol. The number of rotatable bonds is 6. The zero-order valence-corrected chi connectivity index (χ0v) is 13.5. The smallest absolute Gasteiger partial charge is 0.326 e. The van der Waals surface area contributed by atoms with E-state index in [0.717, 1.165) is 0 Å². The van der Waals surface area contributed by atoms with Crippen LogP contribution in [-0.4, -0.2) is 53.0 Å². The van der Waals surface area contributed by atoms with Gasteiger partial charge in [-0.25, -0.2) is 4.79 Å². The number of aliphatic carboxylic acids is 1. The van der Waals surface area contributed by atoms with E-state index in [1.165, 1.54) is 0 Å². The Kier molecular flexibility index (Phi) is 6.80. The van der Waals surface area contributed by atoms with Crippen molar-refractivity contribution in [2.45, 2.75) is 52.1 Å². The summed E-state index contributed by atoms with van der Waals surface area (Å²) in [7, 11) is 0. The molecule has 1 saturated heterocycles. The number of hydrogen-bond donors (Lipinski definition) is 3. The van der Waals surface area contributed by atoms with Gasteiger partial charge in [-0.05, 0) is 25.7 Å². The summed E-state index contributed by atoms with van der Waals surface area (Å²) in [6.45, 7) is 6.32. The molecule has 1 aliphatic rings. The molecule has 0 radical (unpaired) electrons. The molecular formula is C15H27N3O4. The molecule has 1 fully saturated rings. The molecule has 0 aromatic heterocycles. The highest BCUT2D eigenvalue weighted by atomic mass is 16.4. The van der Waals surface area contributed by atoms with Gasteiger partial charge in [-0.3, -0.25) is 9.59 Å². The van der Waals surface area contributed by atoms with E-state index >= 15 is 0 Å². The van der Waals surface area contributed by atoms with E-state index in [1.54, 1.807) is 11.8 Å². The van der Waals surface area contributed by atoms with Gasteiger partial charge in [-0.2, -0.15) is 0 Å². The predicted molar refractivity (Wildman–Crippen MR) is 82.0 cm³/mol. The van der Waals surface area contributed by atoms with E-state index in [2.05, 4.69) is 5.32 Å². The van der Waals surface area contributed by atoms with Crippen LogP contribution < -0.4 is 11.1 Å². The second kappa shape index (κ2) is 8.12. The standard InChI is InChI=1S/C15H27N3O4/c1-4-9(2)12(15(21)22)17-13(19)11-5-7-18(8-6-11)14(20)10(3)16/h9-12H,4-8,16H2,1-3H3,(H,17,19)(H,21,22)/t9?,10-,12-/m0/s1. The van der Waals surface area contributed by atoms with Crippen LogP contribution in [0.25, 0.3) is 0 Å². The summed E-state index contributed by atoms with van der Waals surface area (Å²) in [5, 5.41) is 11.9. The van der Waals surface area contributed by atoms with E-state index in [9.17, 15) is 19.5 Å². The summed E-state index contributed by atoms with van der Waals surface area (Å²) in [6, 6.07) is -1.40. The molecule has 3 atom stereocenters. The number of carbonyl (C=O) groups is 3. The number of likely N-dealkylation sites (tertiary alicyclic amines) is 1. The Bertz CT molecular complexity index is 417. The zero-order chi connectivity index (χ0) is 16.9. The maximum atomic E-state index is 12.2. The van der Waals surface area contributed by atoms with Crippen molar-refractivity contribution in [3.8, 4) is 0 Å². The number of piperidine rings is 1. The number of hydrogen-bond acceptors (Lipinski definition) is 4. The largest absolute Gasteiger partial charge is 0.480 e. The Labute approximate surface area is 131 Å². The molecule has 0 aliphatic carbocycles. The first-order chi connectivity index (χ1) is 10.3. The van der Waals surface area contributed by atoms with Crippen LogP contribution in [0.1, 0.15) is 40.0 Å². The molecule has 2 amide bonds. The number of nitrogens with zero attached hydrogens (tertiary/aromatic N) is 1. The van der Waals surface area contributed by atoms with Gasteiger partial charge >= 0.3 is 5.97 Å². The third kappa shape index (κ3) is 4.69. The van der Waals surface area contributed by atoms with Gasteiger partial charge in [0.1, 0.15) is 6.04 Å². The minimum Gasteiger partial charge on any atom is -0.480 e. The fraction of sp³-hybridized carbons (Fsp3) is 0.800. The summed E-state index contributed by atoms with van der Waals surface area (Å²) in [6.07, 6.45) is 1.76. The SMILES string of the molecule is CCC(C)[C@H](NC(=O)C1CCN(C(=O)[C@H](C)N)CC1)C(=O)O. The predicted octanol–water partition coefficient (Wildman–Crippen LogP) is 0.188. The lowest BCUT2D eigenvalue weighted by Gasteiger charge is -2.33. The van der Waals surface area contributed by atoms with Crippen LogP contribution in [0.4, 0.5) is 0 Å². The topological polar surface area (TPSA) is 113 Å². The molecule has 0 spiro atoms. The lowest BCUT2D eigenvalue weighted by molar-refractivity contribution is -0.144. The van der Waals surface area contributed by atoms with Gasteiger partial charge in [-0.1, -0.05) is 20.3 Å². The number of amides is 2. The summed E-state index contributed by atoms with van der Waals surface area (Å²) in [5.74, 6) is -1.72. The van der Waals surface area contributed by atoms with Gasteiger partial charge in [0, 0.05) is 19.0 Å². The molecule has 1 unspecified atom stereocenters. The van der Waals surface area contributed by atoms with E-state index in [1.807, 2.05) is 13.8 Å². The van der Waals surface area contributed by atoms with Crippen molar-refractivity contribution < 1.29 is 19.5 Å². The van der Waals surface area contributed by atoms with Crippen LogP contribution >= 0.6 is 0 Å². The van der Waals surface area contributed by atoms with Crippen LogP contribution in [0.2, 0.25) is 0 Å². The average molecular weight is 313 g/mol. The van der Waals surface area contributed by atoms with Gasteiger partial charge in [0.15, 0.2) is 0 Å². The minimum absolute atomic E-state index is 0.109. The Morgan fingerprint density at radius 1 is 1.27 bits per heavy atom. The van der Waals surface area contributed by atoms with Crippen molar-refractivity contribution in [1.29, 1.82) is 0 Å². The first-order valence-electron chi connectivity index (χ1n) is 7.85. The second-order valence-electron chi connectivity index (χ2n) is 6.10. The van der Waals surface area contributed by atoms with Crippen LogP contribution in [0.15, 0.2) is 0 Å². The first-order valence-corrected chi connectivity index (χ1v) is 7.85. The average Bonchev–Trinajstić information content (AvgIpc) is 2.50. The number of carboxylic acids is 1. The van der Waals surface area contributed by atoms with Crippen molar-refractivity contribution in [3.63, 3.8) is 0 Å². The molecule has 4 N–H and O–H groups in total. The highest BCUT2D eigenvalue weighted by Crippen LogP contribution is 2.19. The van der Waals surface area contributed by atoms with Gasteiger partial charge in [0.05, 0.1) is 6.04 Å². The van der Waals surface area contributed by atoms with E-state index in [0.29, 0.717) is 32.4 Å². The normalized spacial score (nSPS) is 20.1. The second-order valence-corrected chi connectivity index (χ2v) is 6.10. The lowest BCUT2D eigenvalue weighted by Crippen LogP contribution is -2.51. The molecule has 1 rings (SSSR count). The van der Waals surface area contributed by atoms with Crippen molar-refractivity contribution in [2.75, 3.05) is 13.1 Å². The van der Waals surface area contributed by atoms with Crippen LogP contribution in [0.5, 0.6) is 0 Å². The number of carbonyl (C=O) groups excluding carboxylic acids is 2. The molecule has 0 saturated carbocycles. The third-order valence-electron chi connectivity index (χ3n) is 4.34. The highest BCUT2D eigenvalue weighted by Gasteiger charge is 2.32. The Hall–Kier alpha value is -1.63. The fourth-order valence-corrected chi connectivity index (χ4v) is 2.60. The highest BCUT2D eigenvalue weighted by molar-refractivity contribution is 5.86. The number of carboxylic acid groups (broad SMARTS) is 1. The molecule has 7 nitrogen and oxygen atoms in total. The van der Waals surface area contributed by atoms with E-state index in [4.69, 9.17) is 5.73 Å². The summed E-state index contributed by atoms with van der Waals surface area (Å²) >= 11 is 0. The molecule has 1 heterocycles. The summed E-state index contributed by atoms with van der Waals surface area (Å²) in [4.78, 5) is 37.0. The van der Waals surface area contributed by atoms with Gasteiger partial charge in [0.25, 0.3) is 0 Å². The van der Waals surface area contributed by atoms with Gasteiger partial charge < -0.3 is 21.1 Å². The Morgan fingerprint density at radius 3 is 2.23 bits per heavy atom. The fourth-order valence-electron chi connectivity index (χ4n) is 2.60. The lowest BCUT2D eigenvalue weighted by atomic mass is 9.93. The van der Waals surface area contributed by atoms with Crippen LogP contribution in [0, 0.1) is 11.8 Å². The molecule has 0 bridgehead atoms. The summed E-state index contributed by atoms with van der Waals surface area (Å²) in [5.41, 5.74) is 5.57. The minimum atomic E-state index is -1.01. The van der Waals surface area contributed by atoms with Gasteiger partial charge in [-0.15, -0.1) is 0 Å². The van der Waals surface area contributed by atoms with Crippen molar-refractivity contribution in [2.24, 2.45) is 17.6 Å². The molecule has 7 heteroatoms. The Balaban J connectivity index is 2.55. The quantitative estimate of drug-likeness (QED) is 0.648. The number of nitrogens with two attached hydrogens (primary N) is 1.